The van der Waals surface area contributed by atoms with Gasteiger partial charge in [0.05, 0.1) is 23.7 Å². The number of rotatable bonds is 8. The quantitative estimate of drug-likeness (QED) is 0.536. The molecule has 2 aromatic carbocycles. The van der Waals surface area contributed by atoms with Gasteiger partial charge in [-0.05, 0) is 61.6 Å². The van der Waals surface area contributed by atoms with Gasteiger partial charge in [-0.25, -0.2) is 13.8 Å². The van der Waals surface area contributed by atoms with E-state index in [1.54, 1.807) is 29.2 Å². The van der Waals surface area contributed by atoms with Crippen molar-refractivity contribution in [2.75, 3.05) is 13.1 Å². The van der Waals surface area contributed by atoms with Crippen LogP contribution in [0.3, 0.4) is 0 Å². The number of amidine groups is 1. The highest BCUT2D eigenvalue weighted by atomic mass is 32.2. The second-order valence-electron chi connectivity index (χ2n) is 8.50. The number of thioether (sulfide) groups is 1. The summed E-state index contributed by atoms with van der Waals surface area (Å²) in [5.74, 6) is -1.05. The molecule has 1 unspecified atom stereocenters. The summed E-state index contributed by atoms with van der Waals surface area (Å²) >= 11 is 1.39. The van der Waals surface area contributed by atoms with Crippen LogP contribution in [-0.2, 0) is 16.1 Å². The summed E-state index contributed by atoms with van der Waals surface area (Å²) < 4.78 is 26.9. The van der Waals surface area contributed by atoms with Crippen LogP contribution in [0.25, 0.3) is 0 Å². The molecule has 0 aromatic heterocycles. The molecular formula is C27H28F2N4O2S. The van der Waals surface area contributed by atoms with E-state index in [1.165, 1.54) is 36.0 Å². The number of halogens is 2. The Hall–Kier alpha value is -3.46. The Morgan fingerprint density at radius 1 is 1.03 bits per heavy atom. The lowest BCUT2D eigenvalue weighted by Gasteiger charge is -2.38. The summed E-state index contributed by atoms with van der Waals surface area (Å²) in [5, 5.41) is 5.40. The van der Waals surface area contributed by atoms with Crippen LogP contribution in [-0.4, -0.2) is 39.9 Å². The van der Waals surface area contributed by atoms with E-state index in [-0.39, 0.29) is 36.4 Å². The van der Waals surface area contributed by atoms with Crippen LogP contribution in [0.4, 0.5) is 8.78 Å². The van der Waals surface area contributed by atoms with Crippen molar-refractivity contribution in [2.45, 2.75) is 39.8 Å². The molecule has 0 saturated heterocycles. The van der Waals surface area contributed by atoms with Gasteiger partial charge < -0.3 is 15.1 Å². The zero-order valence-corrected chi connectivity index (χ0v) is 21.2. The number of nitrogens with one attached hydrogen (secondary N) is 1. The van der Waals surface area contributed by atoms with E-state index in [1.807, 2.05) is 31.1 Å². The van der Waals surface area contributed by atoms with Crippen molar-refractivity contribution >= 4 is 28.7 Å². The average Bonchev–Trinajstić information content (AvgIpc) is 3.25. The Bertz CT molecular complexity index is 1240. The molecule has 0 bridgehead atoms. The van der Waals surface area contributed by atoms with Crippen LogP contribution < -0.4 is 5.32 Å². The predicted octanol–water partition coefficient (Wildman–Crippen LogP) is 5.11. The first-order chi connectivity index (χ1) is 17.3. The zero-order chi connectivity index (χ0) is 25.8. The Morgan fingerprint density at radius 2 is 1.64 bits per heavy atom. The summed E-state index contributed by atoms with van der Waals surface area (Å²) in [5.41, 5.74) is 3.33. The summed E-state index contributed by atoms with van der Waals surface area (Å²) in [6.45, 7) is 7.01. The highest BCUT2D eigenvalue weighted by Crippen LogP contribution is 2.45. The van der Waals surface area contributed by atoms with Gasteiger partial charge in [0, 0.05) is 25.3 Å². The van der Waals surface area contributed by atoms with Crippen molar-refractivity contribution in [1.82, 2.24) is 15.1 Å². The fourth-order valence-corrected chi connectivity index (χ4v) is 5.28. The Balaban J connectivity index is 1.62. The molecule has 0 aliphatic carbocycles. The number of carbonyl (C=O) groups excluding carboxylic acids is 2. The van der Waals surface area contributed by atoms with Crippen molar-refractivity contribution < 1.29 is 18.4 Å². The van der Waals surface area contributed by atoms with E-state index in [0.717, 1.165) is 11.1 Å². The van der Waals surface area contributed by atoms with Crippen molar-refractivity contribution in [3.8, 4) is 0 Å². The third-order valence-electron chi connectivity index (χ3n) is 6.21. The monoisotopic (exact) mass is 510 g/mol. The minimum atomic E-state index is -0.544. The average molecular weight is 511 g/mol. The number of nitrogens with zero attached hydrogens (tertiary/aromatic N) is 3. The predicted molar refractivity (Wildman–Crippen MR) is 138 cm³/mol. The van der Waals surface area contributed by atoms with Crippen LogP contribution in [0.2, 0.25) is 0 Å². The number of amides is 2. The summed E-state index contributed by atoms with van der Waals surface area (Å²) in [6.07, 6.45) is 0.0662. The van der Waals surface area contributed by atoms with Crippen LogP contribution in [0.15, 0.2) is 75.9 Å². The van der Waals surface area contributed by atoms with Gasteiger partial charge in [-0.15, -0.1) is 0 Å². The van der Waals surface area contributed by atoms with Gasteiger partial charge in [-0.2, -0.15) is 0 Å². The molecule has 2 aliphatic rings. The van der Waals surface area contributed by atoms with Gasteiger partial charge in [0.15, 0.2) is 5.17 Å². The van der Waals surface area contributed by atoms with Gasteiger partial charge in [0.25, 0.3) is 5.91 Å². The molecule has 1 N–H and O–H groups in total. The second-order valence-corrected chi connectivity index (χ2v) is 9.34. The lowest BCUT2D eigenvalue weighted by molar-refractivity contribution is -0.127. The summed E-state index contributed by atoms with van der Waals surface area (Å²) in [4.78, 5) is 34.8. The lowest BCUT2D eigenvalue weighted by Crippen LogP contribution is -2.42. The Morgan fingerprint density at radius 3 is 2.25 bits per heavy atom. The number of carbonyl (C=O) groups is 2. The smallest absolute Gasteiger partial charge is 0.254 e. The molecule has 4 rings (SSSR count). The second kappa shape index (κ2) is 11.1. The SMILES string of the molecule is CCN(CC)C(=O)C1=C(C)N=C2SC=C(CC(=O)NCc3ccc(F)cc3)N2C1c1ccc(F)cc1. The molecule has 0 spiro atoms. The van der Waals surface area contributed by atoms with Gasteiger partial charge in [0.1, 0.15) is 11.6 Å². The largest absolute Gasteiger partial charge is 0.352 e. The fraction of sp³-hybridized carbons (Fsp3) is 0.296. The third kappa shape index (κ3) is 5.36. The minimum Gasteiger partial charge on any atom is -0.352 e. The van der Waals surface area contributed by atoms with Gasteiger partial charge in [-0.3, -0.25) is 9.59 Å². The van der Waals surface area contributed by atoms with Crippen LogP contribution in [0, 0.1) is 11.6 Å². The van der Waals surface area contributed by atoms with Crippen molar-refractivity contribution in [1.29, 1.82) is 0 Å². The Kier molecular flexibility index (Phi) is 7.88. The number of benzene rings is 2. The molecule has 0 radical (unpaired) electrons. The van der Waals surface area contributed by atoms with E-state index in [9.17, 15) is 18.4 Å². The molecular weight excluding hydrogens is 482 g/mol. The highest BCUT2D eigenvalue weighted by Gasteiger charge is 2.41. The van der Waals surface area contributed by atoms with Crippen LogP contribution in [0.5, 0.6) is 0 Å². The molecule has 6 nitrogen and oxygen atoms in total. The maximum absolute atomic E-state index is 13.8. The molecule has 1 atom stereocenters. The minimum absolute atomic E-state index is 0.0662. The molecule has 0 fully saturated rings. The van der Waals surface area contributed by atoms with Crippen molar-refractivity contribution in [3.63, 3.8) is 0 Å². The van der Waals surface area contributed by atoms with E-state index >= 15 is 0 Å². The first kappa shape index (κ1) is 25.6. The molecule has 2 heterocycles. The first-order valence-electron chi connectivity index (χ1n) is 11.8. The third-order valence-corrected chi connectivity index (χ3v) is 7.10. The normalized spacial score (nSPS) is 16.9. The number of allylic oxidation sites excluding steroid dienone is 1. The highest BCUT2D eigenvalue weighted by molar-refractivity contribution is 8.16. The van der Waals surface area contributed by atoms with E-state index < -0.39 is 6.04 Å². The number of aliphatic imine (C=N–C) groups is 1. The lowest BCUT2D eigenvalue weighted by atomic mass is 9.92. The van der Waals surface area contributed by atoms with Gasteiger partial charge in [0.2, 0.25) is 5.91 Å². The van der Waals surface area contributed by atoms with E-state index in [0.29, 0.717) is 35.2 Å². The van der Waals surface area contributed by atoms with Crippen LogP contribution in [0.1, 0.15) is 44.4 Å². The standard InChI is InChI=1S/C27H28F2N4O2S/c1-4-32(5-2)26(35)24-17(3)31-27-33(25(24)19-8-12-21(29)13-9-19)22(16-36-27)14-23(34)30-15-18-6-10-20(28)11-7-18/h6-13,16,25H,4-5,14-15H2,1-3H3,(H,30,34). The van der Waals surface area contributed by atoms with E-state index in [2.05, 4.69) is 5.32 Å². The molecule has 36 heavy (non-hydrogen) atoms. The van der Waals surface area contributed by atoms with Crippen LogP contribution >= 0.6 is 11.8 Å². The van der Waals surface area contributed by atoms with E-state index in [4.69, 9.17) is 4.99 Å². The first-order valence-corrected chi connectivity index (χ1v) is 12.7. The number of hydrogen-bond donors (Lipinski definition) is 1. The molecule has 0 saturated carbocycles. The maximum Gasteiger partial charge on any atom is 0.254 e. The molecule has 2 aromatic rings. The van der Waals surface area contributed by atoms with Crippen molar-refractivity contribution in [2.24, 2.45) is 4.99 Å². The molecule has 188 valence electrons. The fourth-order valence-electron chi connectivity index (χ4n) is 4.31. The van der Waals surface area contributed by atoms with Crippen molar-refractivity contribution in [3.05, 3.63) is 93.7 Å². The molecule has 9 heteroatoms. The summed E-state index contributed by atoms with van der Waals surface area (Å²) in [6, 6.07) is 11.5. The van der Waals surface area contributed by atoms with Gasteiger partial charge >= 0.3 is 0 Å². The molecule has 2 amide bonds. The van der Waals surface area contributed by atoms with Gasteiger partial charge in [-0.1, -0.05) is 36.0 Å². The number of likely N-dealkylation sites (N-methyl/N-ethyl adjacent to an activating group) is 1. The molecule has 2 aliphatic heterocycles. The zero-order valence-electron chi connectivity index (χ0n) is 20.4. The Labute approximate surface area is 213 Å². The number of fused-ring (bicyclic) bond motifs is 1. The number of hydrogen-bond acceptors (Lipinski definition) is 5. The maximum atomic E-state index is 13.8. The summed E-state index contributed by atoms with van der Waals surface area (Å²) in [7, 11) is 0. The topological polar surface area (TPSA) is 65.0 Å².